The number of rotatable bonds is 2. The molecular formula is C21H32BNO4S. The zero-order valence-corrected chi connectivity index (χ0v) is 17.8. The average molecular weight is 405 g/mol. The van der Waals surface area contributed by atoms with Crippen LogP contribution in [0.3, 0.4) is 0 Å². The standard InChI is InChI=1S/C21H32BNO4S/c1-28(24,25)23-20-7-4-5-14-12-27-21-8-3-2-6-17(21)16-10-9-15(11-19(16)22)26-13-18(14)20/h2-3,6,8,14-16,18-20,23H,4-5,7,9-13,22H2,1H3/t14?,15-,16-,18-,19?,20+/m1/s1. The highest BCUT2D eigenvalue weighted by Crippen LogP contribution is 2.45. The fourth-order valence-electron chi connectivity index (χ4n) is 5.56. The van der Waals surface area contributed by atoms with E-state index in [0.29, 0.717) is 30.9 Å². The van der Waals surface area contributed by atoms with Crippen LogP contribution in [0.2, 0.25) is 5.82 Å². The molecule has 28 heavy (non-hydrogen) atoms. The minimum Gasteiger partial charge on any atom is -0.493 e. The molecular weight excluding hydrogens is 373 g/mol. The Morgan fingerprint density at radius 3 is 2.71 bits per heavy atom. The van der Waals surface area contributed by atoms with Gasteiger partial charge in [-0.15, -0.1) is 0 Å². The van der Waals surface area contributed by atoms with Crippen LogP contribution in [-0.2, 0) is 14.8 Å². The monoisotopic (exact) mass is 405 g/mol. The van der Waals surface area contributed by atoms with Gasteiger partial charge in [0.25, 0.3) is 0 Å². The maximum atomic E-state index is 11.9. The Kier molecular flexibility index (Phi) is 6.05. The number of fused-ring (bicyclic) bond motifs is 4. The Morgan fingerprint density at radius 2 is 1.93 bits per heavy atom. The van der Waals surface area contributed by atoms with Crippen molar-refractivity contribution >= 4 is 17.9 Å². The molecule has 2 heterocycles. The van der Waals surface area contributed by atoms with Crippen LogP contribution >= 0.6 is 0 Å². The van der Waals surface area contributed by atoms with Crippen molar-refractivity contribution < 1.29 is 17.9 Å². The Morgan fingerprint density at radius 1 is 1.11 bits per heavy atom. The van der Waals surface area contributed by atoms with Gasteiger partial charge >= 0.3 is 0 Å². The van der Waals surface area contributed by atoms with Crippen LogP contribution in [0.15, 0.2) is 24.3 Å². The van der Waals surface area contributed by atoms with Gasteiger partial charge in [-0.3, -0.25) is 0 Å². The van der Waals surface area contributed by atoms with E-state index in [1.807, 2.05) is 0 Å². The Labute approximate surface area is 170 Å². The van der Waals surface area contributed by atoms with Crippen molar-refractivity contribution in [2.24, 2.45) is 11.8 Å². The summed E-state index contributed by atoms with van der Waals surface area (Å²) in [6, 6.07) is 8.41. The van der Waals surface area contributed by atoms with E-state index < -0.39 is 10.0 Å². The zero-order chi connectivity index (χ0) is 19.7. The topological polar surface area (TPSA) is 64.6 Å². The molecule has 0 saturated heterocycles. The highest BCUT2D eigenvalue weighted by atomic mass is 32.2. The molecule has 6 atom stereocenters. The number of sulfonamides is 1. The summed E-state index contributed by atoms with van der Waals surface area (Å²) in [5.74, 6) is 2.54. The predicted octanol–water partition coefficient (Wildman–Crippen LogP) is 2.49. The summed E-state index contributed by atoms with van der Waals surface area (Å²) < 4.78 is 39.4. The van der Waals surface area contributed by atoms with Crippen molar-refractivity contribution in [3.8, 4) is 5.75 Å². The lowest BCUT2D eigenvalue weighted by Gasteiger charge is -2.41. The number of benzene rings is 1. The maximum absolute atomic E-state index is 11.9. The van der Waals surface area contributed by atoms with Gasteiger partial charge in [0, 0.05) is 12.0 Å². The number of hydrogen-bond acceptors (Lipinski definition) is 4. The van der Waals surface area contributed by atoms with E-state index in [1.54, 1.807) is 0 Å². The van der Waals surface area contributed by atoms with Gasteiger partial charge in [0.2, 0.25) is 10.0 Å². The van der Waals surface area contributed by atoms with Crippen molar-refractivity contribution in [2.45, 2.75) is 62.4 Å². The quantitative estimate of drug-likeness (QED) is 0.768. The predicted molar refractivity (Wildman–Crippen MR) is 113 cm³/mol. The van der Waals surface area contributed by atoms with Crippen LogP contribution < -0.4 is 9.46 Å². The second kappa shape index (κ2) is 8.37. The first-order valence-corrected chi connectivity index (χ1v) is 12.6. The van der Waals surface area contributed by atoms with Gasteiger partial charge in [-0.25, -0.2) is 13.1 Å². The molecule has 5 rings (SSSR count). The van der Waals surface area contributed by atoms with E-state index in [9.17, 15) is 8.42 Å². The van der Waals surface area contributed by atoms with Crippen LogP contribution in [0, 0.1) is 11.8 Å². The third-order valence-electron chi connectivity index (χ3n) is 6.99. The first-order chi connectivity index (χ1) is 13.4. The van der Waals surface area contributed by atoms with Crippen LogP contribution in [-0.4, -0.2) is 47.9 Å². The first kappa shape index (κ1) is 20.2. The van der Waals surface area contributed by atoms with Crippen molar-refractivity contribution in [1.82, 2.24) is 4.72 Å². The van der Waals surface area contributed by atoms with E-state index in [4.69, 9.17) is 9.47 Å². The summed E-state index contributed by atoms with van der Waals surface area (Å²) in [5.41, 5.74) is 1.33. The minimum atomic E-state index is -3.24. The molecule has 0 spiro atoms. The average Bonchev–Trinajstić information content (AvgIpc) is 2.64. The first-order valence-electron chi connectivity index (χ1n) is 10.7. The molecule has 1 aromatic carbocycles. The lowest BCUT2D eigenvalue weighted by Crippen LogP contribution is -2.48. The fraction of sp³-hybridized carbons (Fsp3) is 0.714. The maximum Gasteiger partial charge on any atom is 0.208 e. The molecule has 2 unspecified atom stereocenters. The van der Waals surface area contributed by atoms with E-state index in [2.05, 4.69) is 36.8 Å². The molecule has 2 aliphatic carbocycles. The normalized spacial score (nSPS) is 36.3. The molecule has 154 valence electrons. The smallest absolute Gasteiger partial charge is 0.208 e. The van der Waals surface area contributed by atoms with Crippen LogP contribution in [0.25, 0.3) is 0 Å². The van der Waals surface area contributed by atoms with E-state index in [-0.39, 0.29) is 18.1 Å². The summed E-state index contributed by atoms with van der Waals surface area (Å²) in [6.45, 7) is 1.24. The molecule has 2 fully saturated rings. The molecule has 0 amide bonds. The van der Waals surface area contributed by atoms with Gasteiger partial charge in [-0.1, -0.05) is 30.4 Å². The summed E-state index contributed by atoms with van der Waals surface area (Å²) in [4.78, 5) is 0. The van der Waals surface area contributed by atoms with E-state index in [1.165, 1.54) is 11.8 Å². The Bertz CT molecular complexity index is 786. The van der Waals surface area contributed by atoms with Crippen molar-refractivity contribution in [1.29, 1.82) is 0 Å². The second-order valence-electron chi connectivity index (χ2n) is 9.05. The highest BCUT2D eigenvalue weighted by Gasteiger charge is 2.38. The van der Waals surface area contributed by atoms with Crippen molar-refractivity contribution in [2.75, 3.05) is 19.5 Å². The Hall–Kier alpha value is -1.05. The summed E-state index contributed by atoms with van der Waals surface area (Å²) >= 11 is 0. The molecule has 0 aromatic heterocycles. The van der Waals surface area contributed by atoms with Gasteiger partial charge in [0.15, 0.2) is 0 Å². The molecule has 7 heteroatoms. The second-order valence-corrected chi connectivity index (χ2v) is 10.8. The third kappa shape index (κ3) is 4.57. The van der Waals surface area contributed by atoms with Gasteiger partial charge in [-0.05, 0) is 55.6 Å². The molecule has 2 saturated carbocycles. The third-order valence-corrected chi connectivity index (χ3v) is 7.73. The van der Waals surface area contributed by atoms with Gasteiger partial charge < -0.3 is 9.47 Å². The van der Waals surface area contributed by atoms with Crippen molar-refractivity contribution in [3.05, 3.63) is 29.8 Å². The van der Waals surface area contributed by atoms with E-state index >= 15 is 0 Å². The minimum absolute atomic E-state index is 0.0655. The largest absolute Gasteiger partial charge is 0.493 e. The Balaban J connectivity index is 1.62. The van der Waals surface area contributed by atoms with Gasteiger partial charge in [0.05, 0.1) is 25.6 Å². The molecule has 5 nitrogen and oxygen atoms in total. The lowest BCUT2D eigenvalue weighted by atomic mass is 9.64. The van der Waals surface area contributed by atoms with Gasteiger partial charge in [0.1, 0.15) is 13.6 Å². The molecule has 1 N–H and O–H groups in total. The zero-order valence-electron chi connectivity index (χ0n) is 17.0. The van der Waals surface area contributed by atoms with Crippen LogP contribution in [0.4, 0.5) is 0 Å². The summed E-state index contributed by atoms with van der Waals surface area (Å²) in [5, 5.41) is 0. The van der Waals surface area contributed by atoms with Crippen molar-refractivity contribution in [3.63, 3.8) is 0 Å². The van der Waals surface area contributed by atoms with E-state index in [0.717, 1.165) is 44.3 Å². The highest BCUT2D eigenvalue weighted by molar-refractivity contribution is 7.88. The molecule has 2 aliphatic heterocycles. The summed E-state index contributed by atoms with van der Waals surface area (Å²) in [7, 11) is -0.920. The number of para-hydroxylation sites is 1. The lowest BCUT2D eigenvalue weighted by molar-refractivity contribution is -0.0295. The molecule has 4 aliphatic rings. The van der Waals surface area contributed by atoms with Crippen LogP contribution in [0.1, 0.15) is 50.0 Å². The molecule has 2 bridgehead atoms. The number of hydrogen-bond donors (Lipinski definition) is 1. The molecule has 0 radical (unpaired) electrons. The number of nitrogens with one attached hydrogen (secondary N) is 1. The van der Waals surface area contributed by atoms with Crippen LogP contribution in [0.5, 0.6) is 5.75 Å². The summed E-state index contributed by atoms with van der Waals surface area (Å²) in [6.07, 6.45) is 7.71. The SMILES string of the molecule is BC1C[C@H]2CC[C@@H]1c1ccccc1OCC1CCC[C@H](NS(C)(=O)=O)[C@@H]1CO2. The number of ether oxygens (including phenoxy) is 2. The molecule has 1 aromatic rings. The fourth-order valence-corrected chi connectivity index (χ4v) is 6.40. The van der Waals surface area contributed by atoms with Gasteiger partial charge in [-0.2, -0.15) is 0 Å².